The first-order chi connectivity index (χ1) is 4.63. The van der Waals surface area contributed by atoms with E-state index in [2.05, 4.69) is 0 Å². The van der Waals surface area contributed by atoms with E-state index in [4.69, 9.17) is 10.0 Å². The van der Waals surface area contributed by atoms with E-state index in [1.165, 1.54) is 11.3 Å². The van der Waals surface area contributed by atoms with E-state index in [-0.39, 0.29) is 0 Å². The topological polar surface area (TPSA) is 40.5 Å². The first-order valence-corrected chi connectivity index (χ1v) is 3.91. The van der Waals surface area contributed by atoms with E-state index < -0.39 is 7.12 Å². The molecule has 0 bridgehead atoms. The molecule has 0 aliphatic heterocycles. The average molecular weight is 156 g/mol. The number of thiophene rings is 1. The average Bonchev–Trinajstić information content (AvgIpc) is 2.14. The Hall–Kier alpha value is -0.315. The van der Waals surface area contributed by atoms with Crippen LogP contribution in [0.4, 0.5) is 0 Å². The van der Waals surface area contributed by atoms with Crippen molar-refractivity contribution in [3.63, 3.8) is 0 Å². The Morgan fingerprint density at radius 2 is 2.00 bits per heavy atom. The lowest BCUT2D eigenvalue weighted by Crippen LogP contribution is -2.30. The molecule has 0 atom stereocenters. The predicted molar refractivity (Wildman–Crippen MR) is 43.6 cm³/mol. The molecule has 2 N–H and O–H groups in total. The van der Waals surface area contributed by atoms with E-state index in [0.29, 0.717) is 5.46 Å². The van der Waals surface area contributed by atoms with Crippen molar-refractivity contribution < 1.29 is 10.0 Å². The summed E-state index contributed by atoms with van der Waals surface area (Å²) in [7, 11) is -1.31. The van der Waals surface area contributed by atoms with Gasteiger partial charge in [-0.25, -0.2) is 0 Å². The zero-order chi connectivity index (χ0) is 7.72. The molecule has 0 radical (unpaired) electrons. The SMILES string of the molecule is Cc1scc(B(O)O)c1C. The van der Waals surface area contributed by atoms with Gasteiger partial charge in [-0.2, -0.15) is 0 Å². The summed E-state index contributed by atoms with van der Waals surface area (Å²) in [4.78, 5) is 1.14. The number of aryl methyl sites for hydroxylation is 1. The van der Waals surface area contributed by atoms with E-state index in [1.54, 1.807) is 5.38 Å². The van der Waals surface area contributed by atoms with Crippen LogP contribution in [-0.2, 0) is 0 Å². The molecule has 2 nitrogen and oxygen atoms in total. The van der Waals surface area contributed by atoms with Crippen LogP contribution in [-0.4, -0.2) is 17.2 Å². The smallest absolute Gasteiger partial charge is 0.423 e. The Morgan fingerprint density at radius 1 is 1.40 bits per heavy atom. The Morgan fingerprint density at radius 3 is 2.20 bits per heavy atom. The van der Waals surface area contributed by atoms with Crippen molar-refractivity contribution in [3.05, 3.63) is 15.8 Å². The van der Waals surface area contributed by atoms with Crippen LogP contribution in [0.5, 0.6) is 0 Å². The number of rotatable bonds is 1. The lowest BCUT2D eigenvalue weighted by molar-refractivity contribution is 0.425. The lowest BCUT2D eigenvalue weighted by atomic mass is 9.79. The molecule has 1 aromatic rings. The van der Waals surface area contributed by atoms with Gasteiger partial charge >= 0.3 is 7.12 Å². The Labute approximate surface area is 64.3 Å². The summed E-state index contributed by atoms with van der Waals surface area (Å²) in [5, 5.41) is 19.3. The third kappa shape index (κ3) is 1.23. The van der Waals surface area contributed by atoms with Crippen LogP contribution in [0.15, 0.2) is 5.38 Å². The molecule has 4 heteroatoms. The Bertz CT molecular complexity index is 232. The van der Waals surface area contributed by atoms with Crippen molar-refractivity contribution in [3.8, 4) is 0 Å². The van der Waals surface area contributed by atoms with Crippen molar-refractivity contribution >= 4 is 23.9 Å². The Kier molecular flexibility index (Phi) is 2.13. The highest BCUT2D eigenvalue weighted by Crippen LogP contribution is 2.11. The van der Waals surface area contributed by atoms with E-state index in [9.17, 15) is 0 Å². The lowest BCUT2D eigenvalue weighted by Gasteiger charge is -1.95. The van der Waals surface area contributed by atoms with Gasteiger partial charge in [0.2, 0.25) is 0 Å². The molecule has 0 aliphatic rings. The maximum Gasteiger partial charge on any atom is 0.489 e. The molecule has 0 aromatic carbocycles. The zero-order valence-electron chi connectivity index (χ0n) is 5.96. The molecule has 1 rings (SSSR count). The van der Waals surface area contributed by atoms with E-state index in [0.717, 1.165) is 10.4 Å². The second kappa shape index (κ2) is 2.74. The first-order valence-electron chi connectivity index (χ1n) is 3.03. The molecule has 54 valence electrons. The fourth-order valence-electron chi connectivity index (χ4n) is 0.786. The summed E-state index contributed by atoms with van der Waals surface area (Å²) < 4.78 is 0. The van der Waals surface area contributed by atoms with Gasteiger partial charge in [0.15, 0.2) is 0 Å². The summed E-state index contributed by atoms with van der Waals surface area (Å²) in [5.74, 6) is 0. The molecule has 1 heterocycles. The third-order valence-corrected chi connectivity index (χ3v) is 2.63. The van der Waals surface area contributed by atoms with Gasteiger partial charge < -0.3 is 10.0 Å². The second-order valence-corrected chi connectivity index (χ2v) is 3.33. The van der Waals surface area contributed by atoms with Crippen LogP contribution in [0, 0.1) is 13.8 Å². The zero-order valence-corrected chi connectivity index (χ0v) is 6.77. The molecule has 0 aliphatic carbocycles. The summed E-state index contributed by atoms with van der Waals surface area (Å²) in [6.45, 7) is 3.85. The van der Waals surface area contributed by atoms with Gasteiger partial charge in [0.25, 0.3) is 0 Å². The maximum absolute atomic E-state index is 8.78. The van der Waals surface area contributed by atoms with E-state index in [1.807, 2.05) is 13.8 Å². The minimum Gasteiger partial charge on any atom is -0.423 e. The van der Waals surface area contributed by atoms with Crippen LogP contribution in [0.2, 0.25) is 0 Å². The van der Waals surface area contributed by atoms with E-state index >= 15 is 0 Å². The molecule has 0 fully saturated rings. The molecule has 0 saturated carbocycles. The van der Waals surface area contributed by atoms with Gasteiger partial charge in [-0.15, -0.1) is 11.3 Å². The highest BCUT2D eigenvalue weighted by atomic mass is 32.1. The van der Waals surface area contributed by atoms with Crippen LogP contribution in [0.1, 0.15) is 10.4 Å². The number of hydrogen-bond donors (Lipinski definition) is 2. The highest BCUT2D eigenvalue weighted by Gasteiger charge is 2.15. The standard InChI is InChI=1S/C6H9BO2S/c1-4-5(2)10-3-6(4)7(8)9/h3,8-9H,1-2H3. The van der Waals surface area contributed by atoms with Crippen molar-refractivity contribution in [2.45, 2.75) is 13.8 Å². The summed E-state index contributed by atoms with van der Waals surface area (Å²) >= 11 is 1.54. The quantitative estimate of drug-likeness (QED) is 0.563. The van der Waals surface area contributed by atoms with Crippen molar-refractivity contribution in [2.75, 3.05) is 0 Å². The molecule has 10 heavy (non-hydrogen) atoms. The fourth-order valence-corrected chi connectivity index (χ4v) is 1.68. The monoisotopic (exact) mass is 156 g/mol. The van der Waals surface area contributed by atoms with Crippen LogP contribution in [0.3, 0.4) is 0 Å². The van der Waals surface area contributed by atoms with Gasteiger partial charge in [-0.3, -0.25) is 0 Å². The second-order valence-electron chi connectivity index (χ2n) is 2.25. The Balaban J connectivity index is 3.05. The third-order valence-electron chi connectivity index (χ3n) is 1.60. The van der Waals surface area contributed by atoms with Gasteiger partial charge in [-0.1, -0.05) is 0 Å². The summed E-state index contributed by atoms with van der Waals surface area (Å²) in [5.41, 5.74) is 1.61. The molecular formula is C6H9BO2S. The van der Waals surface area contributed by atoms with Gasteiger partial charge in [0.05, 0.1) is 0 Å². The van der Waals surface area contributed by atoms with Gasteiger partial charge in [0, 0.05) is 4.88 Å². The molecule has 0 spiro atoms. The molecule has 0 unspecified atom stereocenters. The minimum absolute atomic E-state index is 0.627. The predicted octanol–water partition coefficient (Wildman–Crippen LogP) is 0.0447. The van der Waals surface area contributed by atoms with Crippen molar-refractivity contribution in [1.82, 2.24) is 0 Å². The van der Waals surface area contributed by atoms with Crippen LogP contribution >= 0.6 is 11.3 Å². The maximum atomic E-state index is 8.78. The highest BCUT2D eigenvalue weighted by molar-refractivity contribution is 7.11. The van der Waals surface area contributed by atoms with Crippen LogP contribution < -0.4 is 5.46 Å². The normalized spacial score (nSPS) is 10.0. The van der Waals surface area contributed by atoms with Crippen molar-refractivity contribution in [2.24, 2.45) is 0 Å². The summed E-state index contributed by atoms with van der Waals surface area (Å²) in [6.07, 6.45) is 0. The van der Waals surface area contributed by atoms with Crippen molar-refractivity contribution in [1.29, 1.82) is 0 Å². The summed E-state index contributed by atoms with van der Waals surface area (Å²) in [6, 6.07) is 0. The molecule has 1 aromatic heterocycles. The number of hydrogen-bond acceptors (Lipinski definition) is 3. The largest absolute Gasteiger partial charge is 0.489 e. The first kappa shape index (κ1) is 7.79. The van der Waals surface area contributed by atoms with Gasteiger partial charge in [-0.05, 0) is 30.3 Å². The molecule has 0 saturated heterocycles. The molecular weight excluding hydrogens is 147 g/mol. The molecule has 0 amide bonds. The van der Waals surface area contributed by atoms with Gasteiger partial charge in [0.1, 0.15) is 0 Å². The van der Waals surface area contributed by atoms with Crippen LogP contribution in [0.25, 0.3) is 0 Å². The minimum atomic E-state index is -1.31. The fraction of sp³-hybridized carbons (Fsp3) is 0.333.